The molecule has 0 fully saturated rings. The van der Waals surface area contributed by atoms with Crippen LogP contribution in [0.25, 0.3) is 10.8 Å². The summed E-state index contributed by atoms with van der Waals surface area (Å²) in [5, 5.41) is 4.57. The van der Waals surface area contributed by atoms with Crippen molar-refractivity contribution in [3.05, 3.63) is 72.3 Å². The lowest BCUT2D eigenvalue weighted by atomic mass is 10.1. The predicted molar refractivity (Wildman–Crippen MR) is 116 cm³/mol. The molecule has 0 aliphatic carbocycles. The van der Waals surface area contributed by atoms with Gasteiger partial charge in [0.05, 0.1) is 24.1 Å². The molecule has 0 radical (unpaired) electrons. The van der Waals surface area contributed by atoms with Gasteiger partial charge in [-0.2, -0.15) is 13.2 Å². The Morgan fingerprint density at radius 1 is 1.00 bits per heavy atom. The largest absolute Gasteiger partial charge is 0.492 e. The Kier molecular flexibility index (Phi) is 6.93. The Labute approximate surface area is 183 Å². The molecule has 0 aromatic heterocycles. The van der Waals surface area contributed by atoms with Crippen LogP contribution in [-0.4, -0.2) is 40.3 Å². The van der Waals surface area contributed by atoms with E-state index in [9.17, 15) is 26.4 Å². The van der Waals surface area contributed by atoms with E-state index in [1.807, 2.05) is 36.4 Å². The summed E-state index contributed by atoms with van der Waals surface area (Å²) in [6.07, 6.45) is -3.81. The van der Waals surface area contributed by atoms with Crippen molar-refractivity contribution < 1.29 is 31.1 Å². The Morgan fingerprint density at radius 3 is 2.41 bits per heavy atom. The number of benzene rings is 3. The number of rotatable bonds is 8. The molecule has 0 saturated heterocycles. The lowest BCUT2D eigenvalue weighted by Gasteiger charge is -2.22. The number of sulfonamides is 1. The van der Waals surface area contributed by atoms with Gasteiger partial charge >= 0.3 is 6.18 Å². The molecule has 0 atom stereocenters. The molecule has 1 amide bonds. The van der Waals surface area contributed by atoms with Crippen molar-refractivity contribution >= 4 is 32.4 Å². The first-order valence-electron chi connectivity index (χ1n) is 9.57. The highest BCUT2D eigenvalue weighted by Crippen LogP contribution is 2.32. The maximum atomic E-state index is 13.0. The summed E-state index contributed by atoms with van der Waals surface area (Å²) in [4.78, 5) is 12.2. The predicted octanol–water partition coefficient (Wildman–Crippen LogP) is 3.82. The molecule has 170 valence electrons. The highest BCUT2D eigenvalue weighted by Gasteiger charge is 2.32. The number of fused-ring (bicyclic) bond motifs is 1. The second kappa shape index (κ2) is 9.47. The van der Waals surface area contributed by atoms with Gasteiger partial charge in [-0.05, 0) is 41.1 Å². The molecule has 0 saturated carbocycles. The lowest BCUT2D eigenvalue weighted by molar-refractivity contribution is -0.137. The van der Waals surface area contributed by atoms with Crippen LogP contribution in [0, 0.1) is 0 Å². The first-order valence-corrected chi connectivity index (χ1v) is 11.4. The molecule has 0 aliphatic heterocycles. The van der Waals surface area contributed by atoms with Crippen LogP contribution in [0.2, 0.25) is 0 Å². The van der Waals surface area contributed by atoms with Gasteiger partial charge in [0.25, 0.3) is 0 Å². The van der Waals surface area contributed by atoms with Crippen LogP contribution < -0.4 is 14.4 Å². The van der Waals surface area contributed by atoms with Crippen molar-refractivity contribution in [2.45, 2.75) is 6.18 Å². The fourth-order valence-corrected chi connectivity index (χ4v) is 3.89. The molecule has 3 rings (SSSR count). The zero-order chi connectivity index (χ0) is 23.4. The summed E-state index contributed by atoms with van der Waals surface area (Å²) in [7, 11) is -4.00. The van der Waals surface area contributed by atoms with Crippen molar-refractivity contribution in [2.24, 2.45) is 0 Å². The highest BCUT2D eigenvalue weighted by molar-refractivity contribution is 7.92. The number of carbonyl (C=O) groups is 1. The molecule has 0 unspecified atom stereocenters. The van der Waals surface area contributed by atoms with Crippen LogP contribution in [0.3, 0.4) is 0 Å². The van der Waals surface area contributed by atoms with Crippen molar-refractivity contribution in [3.8, 4) is 5.75 Å². The van der Waals surface area contributed by atoms with E-state index in [0.717, 1.165) is 29.2 Å². The summed E-state index contributed by atoms with van der Waals surface area (Å²) in [5.41, 5.74) is -1.25. The Balaban J connectivity index is 1.58. The normalized spacial score (nSPS) is 11.9. The van der Waals surface area contributed by atoms with E-state index in [-0.39, 0.29) is 18.8 Å². The summed E-state index contributed by atoms with van der Waals surface area (Å²) in [6, 6.07) is 17.1. The molecule has 3 aromatic rings. The van der Waals surface area contributed by atoms with Gasteiger partial charge in [-0.3, -0.25) is 9.10 Å². The van der Waals surface area contributed by atoms with E-state index in [0.29, 0.717) is 16.1 Å². The first kappa shape index (κ1) is 23.4. The first-order chi connectivity index (χ1) is 15.0. The van der Waals surface area contributed by atoms with E-state index in [4.69, 9.17) is 4.74 Å². The molecule has 1 N–H and O–H groups in total. The minimum absolute atomic E-state index is 0.0891. The molecule has 6 nitrogen and oxygen atoms in total. The summed E-state index contributed by atoms with van der Waals surface area (Å²) in [6.45, 7) is -0.436. The third kappa shape index (κ3) is 6.13. The Bertz CT molecular complexity index is 1210. The van der Waals surface area contributed by atoms with Crippen molar-refractivity contribution in [2.75, 3.05) is 30.3 Å². The minimum Gasteiger partial charge on any atom is -0.492 e. The van der Waals surface area contributed by atoms with Crippen molar-refractivity contribution in [1.29, 1.82) is 0 Å². The van der Waals surface area contributed by atoms with Gasteiger partial charge in [-0.15, -0.1) is 0 Å². The molecule has 0 bridgehead atoms. The van der Waals surface area contributed by atoms with E-state index in [2.05, 4.69) is 5.32 Å². The van der Waals surface area contributed by atoms with Gasteiger partial charge in [0.2, 0.25) is 15.9 Å². The quantitative estimate of drug-likeness (QED) is 0.512. The van der Waals surface area contributed by atoms with Crippen LogP contribution in [-0.2, 0) is 21.0 Å². The highest BCUT2D eigenvalue weighted by atomic mass is 32.2. The maximum Gasteiger partial charge on any atom is 0.416 e. The van der Waals surface area contributed by atoms with E-state index >= 15 is 0 Å². The number of alkyl halides is 3. The minimum atomic E-state index is -4.64. The number of hydrogen-bond acceptors (Lipinski definition) is 4. The number of hydrogen-bond donors (Lipinski definition) is 1. The van der Waals surface area contributed by atoms with Crippen LogP contribution in [0.1, 0.15) is 5.56 Å². The van der Waals surface area contributed by atoms with E-state index in [1.165, 1.54) is 6.07 Å². The van der Waals surface area contributed by atoms with Gasteiger partial charge in [0, 0.05) is 0 Å². The van der Waals surface area contributed by atoms with E-state index < -0.39 is 34.2 Å². The van der Waals surface area contributed by atoms with Crippen molar-refractivity contribution in [3.63, 3.8) is 0 Å². The number of nitrogens with one attached hydrogen (secondary N) is 1. The number of amides is 1. The molecule has 0 heterocycles. The van der Waals surface area contributed by atoms with Crippen LogP contribution in [0.4, 0.5) is 18.9 Å². The van der Waals surface area contributed by atoms with Crippen molar-refractivity contribution in [1.82, 2.24) is 5.32 Å². The molecule has 10 heteroatoms. The van der Waals surface area contributed by atoms with Gasteiger partial charge in [-0.1, -0.05) is 36.4 Å². The topological polar surface area (TPSA) is 75.7 Å². The monoisotopic (exact) mass is 466 g/mol. The third-order valence-corrected chi connectivity index (χ3v) is 5.70. The molecular formula is C22H21F3N2O4S. The number of anilines is 1. The molecule has 0 spiro atoms. The number of halogens is 3. The van der Waals surface area contributed by atoms with Gasteiger partial charge in [0.1, 0.15) is 18.9 Å². The van der Waals surface area contributed by atoms with Crippen LogP contribution in [0.5, 0.6) is 5.75 Å². The second-order valence-electron chi connectivity index (χ2n) is 7.03. The molecule has 32 heavy (non-hydrogen) atoms. The summed E-state index contributed by atoms with van der Waals surface area (Å²) < 4.78 is 69.3. The number of nitrogens with zero attached hydrogens (tertiary/aromatic N) is 1. The molecular weight excluding hydrogens is 445 g/mol. The zero-order valence-electron chi connectivity index (χ0n) is 17.1. The van der Waals surface area contributed by atoms with Gasteiger partial charge in [-0.25, -0.2) is 8.42 Å². The zero-order valence-corrected chi connectivity index (χ0v) is 17.9. The summed E-state index contributed by atoms with van der Waals surface area (Å²) in [5.74, 6) is -0.0605. The third-order valence-electron chi connectivity index (χ3n) is 4.56. The Morgan fingerprint density at radius 2 is 1.72 bits per heavy atom. The number of carbonyl (C=O) groups excluding carboxylic acids is 1. The van der Waals surface area contributed by atoms with Gasteiger partial charge < -0.3 is 10.1 Å². The van der Waals surface area contributed by atoms with Gasteiger partial charge in [0.15, 0.2) is 0 Å². The maximum absolute atomic E-state index is 13.0. The smallest absolute Gasteiger partial charge is 0.416 e. The molecule has 0 aliphatic rings. The molecule has 3 aromatic carbocycles. The SMILES string of the molecule is CS(=O)(=O)N(CC(=O)NCCOc1ccc2ccccc2c1)c1cccc(C(F)(F)F)c1. The van der Waals surface area contributed by atoms with E-state index in [1.54, 1.807) is 6.07 Å². The summed E-state index contributed by atoms with van der Waals surface area (Å²) >= 11 is 0. The Hall–Kier alpha value is -3.27. The lowest BCUT2D eigenvalue weighted by Crippen LogP contribution is -2.41. The number of ether oxygens (including phenoxy) is 1. The van der Waals surface area contributed by atoms with Crippen LogP contribution >= 0.6 is 0 Å². The average Bonchev–Trinajstić information content (AvgIpc) is 2.73. The standard InChI is InChI=1S/C22H21F3N2O4S/c1-32(29,30)27(19-8-4-7-18(14-19)22(23,24)25)15-21(28)26-11-12-31-20-10-9-16-5-2-3-6-17(16)13-20/h2-10,13-14H,11-12,15H2,1H3,(H,26,28). The fourth-order valence-electron chi connectivity index (χ4n) is 3.04. The van der Waals surface area contributed by atoms with Crippen LogP contribution in [0.15, 0.2) is 66.7 Å². The fraction of sp³-hybridized carbons (Fsp3) is 0.227. The second-order valence-corrected chi connectivity index (χ2v) is 8.93. The average molecular weight is 466 g/mol.